The second kappa shape index (κ2) is 5.52. The Morgan fingerprint density at radius 2 is 1.76 bits per heavy atom. The second-order valence-corrected chi connectivity index (χ2v) is 6.55. The van der Waals surface area contributed by atoms with E-state index in [4.69, 9.17) is 28.9 Å². The van der Waals surface area contributed by atoms with Gasteiger partial charge in [0.05, 0.1) is 27.1 Å². The van der Waals surface area contributed by atoms with E-state index in [1.807, 2.05) is 16.7 Å². The van der Waals surface area contributed by atoms with E-state index in [0.717, 1.165) is 21.1 Å². The summed E-state index contributed by atoms with van der Waals surface area (Å²) in [6.45, 7) is 2.07. The summed E-state index contributed by atoms with van der Waals surface area (Å²) in [5, 5.41) is 0.971. The summed E-state index contributed by atoms with van der Waals surface area (Å²) < 4.78 is 3.00. The zero-order valence-corrected chi connectivity index (χ0v) is 14.2. The van der Waals surface area contributed by atoms with Crippen LogP contribution in [0.2, 0.25) is 10.0 Å². The fourth-order valence-electron chi connectivity index (χ4n) is 2.41. The first-order valence-corrected chi connectivity index (χ1v) is 7.90. The molecule has 21 heavy (non-hydrogen) atoms. The number of hydrogen-bond acceptors (Lipinski definition) is 2. The number of nitrogens with two attached hydrogens (primary N) is 1. The molecule has 2 N–H and O–H groups in total. The number of nitrogen functional groups attached to an aromatic ring is 1. The number of anilines is 1. The normalized spacial score (nSPS) is 12.8. The van der Waals surface area contributed by atoms with E-state index >= 15 is 0 Å². The largest absolute Gasteiger partial charge is 0.369 e. The van der Waals surface area contributed by atoms with Gasteiger partial charge in [0, 0.05) is 4.47 Å². The lowest BCUT2D eigenvalue weighted by Crippen LogP contribution is -2.10. The van der Waals surface area contributed by atoms with Crippen LogP contribution < -0.4 is 5.73 Å². The fourth-order valence-corrected chi connectivity index (χ4v) is 2.99. The maximum Gasteiger partial charge on any atom is 0.201 e. The zero-order valence-electron chi connectivity index (χ0n) is 11.1. The van der Waals surface area contributed by atoms with Crippen molar-refractivity contribution in [3.05, 3.63) is 56.5 Å². The quantitative estimate of drug-likeness (QED) is 0.651. The van der Waals surface area contributed by atoms with Crippen LogP contribution in [0.5, 0.6) is 0 Å². The van der Waals surface area contributed by atoms with Gasteiger partial charge in [0.2, 0.25) is 5.95 Å². The maximum atomic E-state index is 6.12. The average Bonchev–Trinajstić information content (AvgIpc) is 2.75. The molecule has 1 unspecified atom stereocenters. The van der Waals surface area contributed by atoms with Gasteiger partial charge in [-0.3, -0.25) is 0 Å². The van der Waals surface area contributed by atoms with Crippen molar-refractivity contribution in [1.29, 1.82) is 0 Å². The molecule has 0 saturated carbocycles. The fraction of sp³-hybridized carbons (Fsp3) is 0.133. The average molecular weight is 385 g/mol. The minimum Gasteiger partial charge on any atom is -0.369 e. The number of nitrogens with zero attached hydrogens (tertiary/aromatic N) is 2. The number of imidazole rings is 1. The lowest BCUT2D eigenvalue weighted by atomic mass is 10.1. The number of fused-ring (bicyclic) bond motifs is 1. The molecule has 1 atom stereocenters. The van der Waals surface area contributed by atoms with Gasteiger partial charge in [-0.15, -0.1) is 0 Å². The van der Waals surface area contributed by atoms with Gasteiger partial charge in [-0.05, 0) is 36.8 Å². The summed E-state index contributed by atoms with van der Waals surface area (Å²) in [6, 6.07) is 11.7. The molecule has 0 bridgehead atoms. The summed E-state index contributed by atoms with van der Waals surface area (Å²) in [4.78, 5) is 4.37. The highest BCUT2D eigenvalue weighted by molar-refractivity contribution is 9.10. The highest BCUT2D eigenvalue weighted by atomic mass is 79.9. The van der Waals surface area contributed by atoms with Crippen molar-refractivity contribution in [1.82, 2.24) is 9.55 Å². The first-order chi connectivity index (χ1) is 9.97. The smallest absolute Gasteiger partial charge is 0.201 e. The van der Waals surface area contributed by atoms with Crippen LogP contribution in [0.1, 0.15) is 18.5 Å². The monoisotopic (exact) mass is 383 g/mol. The van der Waals surface area contributed by atoms with Crippen LogP contribution in [0.4, 0.5) is 5.95 Å². The Morgan fingerprint density at radius 3 is 2.43 bits per heavy atom. The van der Waals surface area contributed by atoms with Crippen molar-refractivity contribution in [3.8, 4) is 0 Å². The van der Waals surface area contributed by atoms with E-state index in [-0.39, 0.29) is 6.04 Å². The molecule has 0 spiro atoms. The van der Waals surface area contributed by atoms with Crippen molar-refractivity contribution < 1.29 is 0 Å². The van der Waals surface area contributed by atoms with E-state index in [2.05, 4.69) is 40.0 Å². The number of aromatic nitrogens is 2. The molecule has 0 aliphatic rings. The van der Waals surface area contributed by atoms with Crippen LogP contribution in [0.15, 0.2) is 40.9 Å². The lowest BCUT2D eigenvalue weighted by Gasteiger charge is -2.16. The van der Waals surface area contributed by atoms with Crippen LogP contribution in [0.3, 0.4) is 0 Å². The molecule has 3 nitrogen and oxygen atoms in total. The topological polar surface area (TPSA) is 43.8 Å². The van der Waals surface area contributed by atoms with Crippen LogP contribution in [-0.4, -0.2) is 9.55 Å². The molecule has 6 heteroatoms. The van der Waals surface area contributed by atoms with Gasteiger partial charge >= 0.3 is 0 Å². The molecule has 0 radical (unpaired) electrons. The summed E-state index contributed by atoms with van der Waals surface area (Å²) in [6.07, 6.45) is 0. The molecule has 0 aliphatic carbocycles. The third-order valence-electron chi connectivity index (χ3n) is 3.50. The van der Waals surface area contributed by atoms with Crippen molar-refractivity contribution in [3.63, 3.8) is 0 Å². The molecule has 0 fully saturated rings. The first-order valence-electron chi connectivity index (χ1n) is 6.35. The Hall–Kier alpha value is -1.23. The lowest BCUT2D eigenvalue weighted by molar-refractivity contribution is 0.668. The van der Waals surface area contributed by atoms with E-state index in [1.54, 1.807) is 12.1 Å². The van der Waals surface area contributed by atoms with Gasteiger partial charge in [-0.25, -0.2) is 4.98 Å². The summed E-state index contributed by atoms with van der Waals surface area (Å²) in [5.74, 6) is 0.443. The van der Waals surface area contributed by atoms with Crippen molar-refractivity contribution >= 4 is 56.1 Å². The Balaban J connectivity index is 2.17. The molecular weight excluding hydrogens is 373 g/mol. The molecule has 2 aromatic carbocycles. The van der Waals surface area contributed by atoms with Gasteiger partial charge in [0.15, 0.2) is 0 Å². The van der Waals surface area contributed by atoms with Crippen LogP contribution in [-0.2, 0) is 0 Å². The van der Waals surface area contributed by atoms with Crippen molar-refractivity contribution in [2.24, 2.45) is 0 Å². The number of rotatable bonds is 2. The summed E-state index contributed by atoms with van der Waals surface area (Å²) in [5.41, 5.74) is 8.83. The SMILES string of the molecule is CC(c1ccc(Br)cc1)n1c(N)nc2cc(Cl)c(Cl)cc21. The van der Waals surface area contributed by atoms with E-state index < -0.39 is 0 Å². The van der Waals surface area contributed by atoms with E-state index in [9.17, 15) is 0 Å². The Bertz CT molecular complexity index is 812. The Morgan fingerprint density at radius 1 is 1.14 bits per heavy atom. The molecule has 3 aromatic rings. The molecule has 0 saturated heterocycles. The highest BCUT2D eigenvalue weighted by Crippen LogP contribution is 2.32. The molecule has 0 aliphatic heterocycles. The molecule has 1 aromatic heterocycles. The van der Waals surface area contributed by atoms with Gasteiger partial charge in [-0.1, -0.05) is 51.3 Å². The third-order valence-corrected chi connectivity index (χ3v) is 4.75. The molecule has 0 amide bonds. The first kappa shape index (κ1) is 14.7. The predicted molar refractivity (Wildman–Crippen MR) is 92.1 cm³/mol. The second-order valence-electron chi connectivity index (χ2n) is 4.82. The van der Waals surface area contributed by atoms with E-state index in [1.165, 1.54) is 0 Å². The molecule has 3 rings (SSSR count). The number of halogens is 3. The highest BCUT2D eigenvalue weighted by Gasteiger charge is 2.17. The van der Waals surface area contributed by atoms with E-state index in [0.29, 0.717) is 16.0 Å². The van der Waals surface area contributed by atoms with Crippen LogP contribution in [0, 0.1) is 0 Å². The number of hydrogen-bond donors (Lipinski definition) is 1. The standard InChI is InChI=1S/C15H12BrCl2N3/c1-8(9-2-4-10(16)5-3-9)21-14-7-12(18)11(17)6-13(14)20-15(21)19/h2-8H,1H3,(H2,19,20). The minimum absolute atomic E-state index is 0.0420. The van der Waals surface area contributed by atoms with Crippen molar-refractivity contribution in [2.45, 2.75) is 13.0 Å². The minimum atomic E-state index is 0.0420. The third kappa shape index (κ3) is 2.63. The van der Waals surface area contributed by atoms with Gasteiger partial charge in [0.25, 0.3) is 0 Å². The molecule has 108 valence electrons. The van der Waals surface area contributed by atoms with Gasteiger partial charge < -0.3 is 10.3 Å². The summed E-state index contributed by atoms with van der Waals surface area (Å²) in [7, 11) is 0. The zero-order chi connectivity index (χ0) is 15.1. The molecule has 1 heterocycles. The maximum absolute atomic E-state index is 6.12. The van der Waals surface area contributed by atoms with Gasteiger partial charge in [-0.2, -0.15) is 0 Å². The van der Waals surface area contributed by atoms with Gasteiger partial charge in [0.1, 0.15) is 0 Å². The van der Waals surface area contributed by atoms with Crippen molar-refractivity contribution in [2.75, 3.05) is 5.73 Å². The Kier molecular flexibility index (Phi) is 3.86. The van der Waals surface area contributed by atoms with Crippen LogP contribution >= 0.6 is 39.1 Å². The Labute approximate surface area is 140 Å². The molecular formula is C15H12BrCl2N3. The predicted octanol–water partition coefficient (Wildman–Crippen LogP) is 5.30. The summed E-state index contributed by atoms with van der Waals surface area (Å²) >= 11 is 15.6. The van der Waals surface area contributed by atoms with Crippen LogP contribution in [0.25, 0.3) is 11.0 Å². The number of benzene rings is 2.